The number of nitrogens with one attached hydrogen (secondary N) is 2. The molecule has 0 saturated heterocycles. The van der Waals surface area contributed by atoms with E-state index in [4.69, 9.17) is 10.5 Å². The summed E-state index contributed by atoms with van der Waals surface area (Å²) in [5.74, 6) is -0.289. The lowest BCUT2D eigenvalue weighted by molar-refractivity contribution is -0.124. The number of hydrogen-bond donors (Lipinski definition) is 4. The molecule has 38 heavy (non-hydrogen) atoms. The van der Waals surface area contributed by atoms with Crippen LogP contribution in [-0.4, -0.2) is 46.3 Å². The number of thiazole rings is 1. The summed E-state index contributed by atoms with van der Waals surface area (Å²) < 4.78 is 5.35. The van der Waals surface area contributed by atoms with Crippen molar-refractivity contribution in [3.8, 4) is 0 Å². The first-order valence-corrected chi connectivity index (χ1v) is 13.3. The number of rotatable bonds is 13. The fraction of sp³-hybridized carbons (Fsp3) is 0.393. The van der Waals surface area contributed by atoms with Crippen LogP contribution in [0.15, 0.2) is 72.4 Å². The normalized spacial score (nSPS) is 14.0. The zero-order valence-electron chi connectivity index (χ0n) is 21.7. The number of carbonyl (C=O) groups is 2. The van der Waals surface area contributed by atoms with Crippen molar-refractivity contribution in [3.63, 3.8) is 0 Å². The van der Waals surface area contributed by atoms with Gasteiger partial charge in [0.05, 0.1) is 28.6 Å². The van der Waals surface area contributed by atoms with Crippen LogP contribution in [-0.2, 0) is 29.0 Å². The van der Waals surface area contributed by atoms with Crippen LogP contribution in [0.5, 0.6) is 0 Å². The number of hydrogen-bond acceptors (Lipinski definition) is 7. The monoisotopic (exact) mass is 560 g/mol. The average molecular weight is 561 g/mol. The maximum atomic E-state index is 12.8. The van der Waals surface area contributed by atoms with E-state index in [0.29, 0.717) is 12.8 Å². The van der Waals surface area contributed by atoms with Gasteiger partial charge in [-0.15, -0.1) is 23.7 Å². The Morgan fingerprint density at radius 3 is 2.16 bits per heavy atom. The van der Waals surface area contributed by atoms with Crippen molar-refractivity contribution >= 4 is 35.7 Å². The van der Waals surface area contributed by atoms with Gasteiger partial charge >= 0.3 is 6.09 Å². The third-order valence-electron chi connectivity index (χ3n) is 6.11. The number of halogens is 1. The van der Waals surface area contributed by atoms with Crippen molar-refractivity contribution in [1.82, 2.24) is 15.6 Å². The standard InChI is InChI=1S/C28H36N4O4S.ClH/c1-19(2)26(29)27(34)31-22(13-20-9-5-3-6-10-20)15-25(33)24(14-21-11-7-4-8-12-21)32-28(35)36-17-23-16-30-18-37-23;/h3-12,16,18-19,22,24-26,33H,13-15,17,29H2,1-2H3,(H,31,34)(H,32,35);1H. The number of aliphatic hydroxyl groups excluding tert-OH is 1. The zero-order valence-corrected chi connectivity index (χ0v) is 23.3. The summed E-state index contributed by atoms with van der Waals surface area (Å²) in [5.41, 5.74) is 9.73. The van der Waals surface area contributed by atoms with Crippen LogP contribution in [0.1, 0.15) is 36.3 Å². The average Bonchev–Trinajstić information content (AvgIpc) is 3.41. The van der Waals surface area contributed by atoms with Gasteiger partial charge in [-0.3, -0.25) is 9.78 Å². The van der Waals surface area contributed by atoms with Gasteiger partial charge in [0.25, 0.3) is 0 Å². The number of carbonyl (C=O) groups excluding carboxylic acids is 2. The van der Waals surface area contributed by atoms with Crippen molar-refractivity contribution in [2.45, 2.75) is 63.9 Å². The summed E-state index contributed by atoms with van der Waals surface area (Å²) in [6.45, 7) is 3.89. The first kappa shape index (κ1) is 31.2. The Kier molecular flexibility index (Phi) is 13.2. The number of benzene rings is 2. The quantitative estimate of drug-likeness (QED) is 0.251. The summed E-state index contributed by atoms with van der Waals surface area (Å²) in [5, 5.41) is 17.2. The second-order valence-corrected chi connectivity index (χ2v) is 10.4. The van der Waals surface area contributed by atoms with Crippen LogP contribution in [0.25, 0.3) is 0 Å². The molecular formula is C28H37ClN4O4S. The van der Waals surface area contributed by atoms with E-state index < -0.39 is 24.3 Å². The van der Waals surface area contributed by atoms with E-state index in [2.05, 4.69) is 15.6 Å². The lowest BCUT2D eigenvalue weighted by atomic mass is 9.93. The number of aromatic nitrogens is 1. The summed E-state index contributed by atoms with van der Waals surface area (Å²) >= 11 is 1.40. The molecule has 0 fully saturated rings. The summed E-state index contributed by atoms with van der Waals surface area (Å²) in [7, 11) is 0. The predicted molar refractivity (Wildman–Crippen MR) is 152 cm³/mol. The molecule has 1 heterocycles. The van der Waals surface area contributed by atoms with Crippen molar-refractivity contribution < 1.29 is 19.4 Å². The predicted octanol–water partition coefficient (Wildman–Crippen LogP) is 3.86. The molecule has 8 nitrogen and oxygen atoms in total. The van der Waals surface area contributed by atoms with E-state index >= 15 is 0 Å². The Labute approximate surface area is 234 Å². The molecule has 0 aliphatic carbocycles. The number of aliphatic hydroxyl groups is 1. The lowest BCUT2D eigenvalue weighted by Gasteiger charge is -2.29. The van der Waals surface area contributed by atoms with Gasteiger partial charge in [0, 0.05) is 12.2 Å². The van der Waals surface area contributed by atoms with E-state index in [1.807, 2.05) is 74.5 Å². The van der Waals surface area contributed by atoms with Crippen molar-refractivity contribution in [1.29, 1.82) is 0 Å². The van der Waals surface area contributed by atoms with Gasteiger partial charge in [-0.2, -0.15) is 0 Å². The van der Waals surface area contributed by atoms with E-state index in [9.17, 15) is 14.7 Å². The highest BCUT2D eigenvalue weighted by Gasteiger charge is 2.28. The van der Waals surface area contributed by atoms with Crippen molar-refractivity contribution in [2.75, 3.05) is 0 Å². The van der Waals surface area contributed by atoms with Gasteiger partial charge in [0.2, 0.25) is 5.91 Å². The first-order chi connectivity index (χ1) is 17.8. The fourth-order valence-electron chi connectivity index (χ4n) is 3.94. The van der Waals surface area contributed by atoms with Gasteiger partial charge in [0.15, 0.2) is 0 Å². The van der Waals surface area contributed by atoms with Crippen LogP contribution in [0.3, 0.4) is 0 Å². The number of amides is 2. The fourth-order valence-corrected chi connectivity index (χ4v) is 4.45. The van der Waals surface area contributed by atoms with Crippen LogP contribution in [0, 0.1) is 5.92 Å². The van der Waals surface area contributed by atoms with Gasteiger partial charge in [-0.1, -0.05) is 74.5 Å². The molecule has 2 amide bonds. The van der Waals surface area contributed by atoms with E-state index in [1.54, 1.807) is 11.7 Å². The van der Waals surface area contributed by atoms with E-state index in [0.717, 1.165) is 16.0 Å². The number of alkyl carbamates (subject to hydrolysis) is 1. The Morgan fingerprint density at radius 2 is 1.61 bits per heavy atom. The molecule has 10 heteroatoms. The van der Waals surface area contributed by atoms with E-state index in [-0.39, 0.29) is 43.3 Å². The second kappa shape index (κ2) is 16.1. The van der Waals surface area contributed by atoms with Crippen molar-refractivity contribution in [3.05, 3.63) is 88.4 Å². The Morgan fingerprint density at radius 1 is 1.00 bits per heavy atom. The van der Waals surface area contributed by atoms with Gasteiger partial charge in [0.1, 0.15) is 6.61 Å². The smallest absolute Gasteiger partial charge is 0.407 e. The highest BCUT2D eigenvalue weighted by Crippen LogP contribution is 2.15. The van der Waals surface area contributed by atoms with Crippen LogP contribution >= 0.6 is 23.7 Å². The Balaban J connectivity index is 0.00000507. The molecule has 4 unspecified atom stereocenters. The third-order valence-corrected chi connectivity index (χ3v) is 6.87. The molecule has 1 aromatic heterocycles. The maximum absolute atomic E-state index is 12.8. The minimum Gasteiger partial charge on any atom is -0.444 e. The molecular weight excluding hydrogens is 524 g/mol. The Hall–Kier alpha value is -2.98. The molecule has 4 atom stereocenters. The molecule has 0 spiro atoms. The van der Waals surface area contributed by atoms with Gasteiger partial charge in [-0.25, -0.2) is 4.79 Å². The SMILES string of the molecule is CC(C)C(N)C(=O)NC(Cc1ccccc1)CC(O)C(Cc1ccccc1)NC(=O)OCc1cncs1.Cl. The molecule has 0 aliphatic rings. The molecule has 5 N–H and O–H groups in total. The molecule has 3 aromatic rings. The summed E-state index contributed by atoms with van der Waals surface area (Å²) in [6, 6.07) is 17.7. The van der Waals surface area contributed by atoms with Crippen LogP contribution in [0.2, 0.25) is 0 Å². The van der Waals surface area contributed by atoms with E-state index in [1.165, 1.54) is 11.3 Å². The molecule has 0 aliphatic heterocycles. The molecule has 206 valence electrons. The summed E-state index contributed by atoms with van der Waals surface area (Å²) in [6.07, 6.45) is 1.20. The topological polar surface area (TPSA) is 127 Å². The van der Waals surface area contributed by atoms with Gasteiger partial charge < -0.3 is 26.2 Å². The lowest BCUT2D eigenvalue weighted by Crippen LogP contribution is -2.52. The zero-order chi connectivity index (χ0) is 26.6. The highest BCUT2D eigenvalue weighted by molar-refractivity contribution is 7.09. The molecule has 0 bridgehead atoms. The first-order valence-electron chi connectivity index (χ1n) is 12.4. The maximum Gasteiger partial charge on any atom is 0.407 e. The largest absolute Gasteiger partial charge is 0.444 e. The Bertz CT molecular complexity index is 1090. The number of nitrogens with zero attached hydrogens (tertiary/aromatic N) is 1. The van der Waals surface area contributed by atoms with Crippen LogP contribution < -0.4 is 16.4 Å². The third kappa shape index (κ3) is 10.4. The highest BCUT2D eigenvalue weighted by atomic mass is 35.5. The van der Waals surface area contributed by atoms with Gasteiger partial charge in [-0.05, 0) is 36.3 Å². The second-order valence-electron chi connectivity index (χ2n) is 9.45. The molecule has 0 radical (unpaired) electrons. The molecule has 3 rings (SSSR count). The number of nitrogens with two attached hydrogens (primary N) is 1. The minimum absolute atomic E-state index is 0. The van der Waals surface area contributed by atoms with Crippen molar-refractivity contribution in [2.24, 2.45) is 11.7 Å². The number of ether oxygens (including phenoxy) is 1. The van der Waals surface area contributed by atoms with Crippen LogP contribution in [0.4, 0.5) is 4.79 Å². The molecule has 0 saturated carbocycles. The molecule has 2 aromatic carbocycles. The summed E-state index contributed by atoms with van der Waals surface area (Å²) in [4.78, 5) is 30.2. The minimum atomic E-state index is -0.958.